The van der Waals surface area contributed by atoms with Crippen LogP contribution in [0.3, 0.4) is 0 Å². The highest BCUT2D eigenvalue weighted by molar-refractivity contribution is 7.92. The zero-order valence-electron chi connectivity index (χ0n) is 17.7. The van der Waals surface area contributed by atoms with Crippen LogP contribution in [0.4, 0.5) is 5.69 Å². The quantitative estimate of drug-likeness (QED) is 0.214. The fourth-order valence-corrected chi connectivity index (χ4v) is 5.71. The summed E-state index contributed by atoms with van der Waals surface area (Å²) < 4.78 is 39.4. The first-order valence-electron chi connectivity index (χ1n) is 10.0. The molecule has 0 spiro atoms. The number of fused-ring (bicyclic) bond motifs is 1. The highest BCUT2D eigenvalue weighted by Gasteiger charge is 2.19. The monoisotopic (exact) mass is 536 g/mol. The van der Waals surface area contributed by atoms with E-state index in [0.717, 1.165) is 5.56 Å². The summed E-state index contributed by atoms with van der Waals surface area (Å²) in [6.45, 7) is 2.12. The Morgan fingerprint density at radius 3 is 2.65 bits per heavy atom. The van der Waals surface area contributed by atoms with E-state index in [9.17, 15) is 13.2 Å². The number of carbonyl (C=O) groups is 1. The Bertz CT molecular complexity index is 1450. The van der Waals surface area contributed by atoms with Crippen molar-refractivity contribution in [3.8, 4) is 5.75 Å². The highest BCUT2D eigenvalue weighted by atomic mass is 35.5. The van der Waals surface area contributed by atoms with Crippen LogP contribution in [0, 0.1) is 0 Å². The molecule has 2 heterocycles. The van der Waals surface area contributed by atoms with E-state index in [1.54, 1.807) is 31.2 Å². The third-order valence-corrected chi connectivity index (χ3v) is 7.72. The van der Waals surface area contributed by atoms with Gasteiger partial charge in [0.1, 0.15) is 17.5 Å². The van der Waals surface area contributed by atoms with E-state index in [-0.39, 0.29) is 23.3 Å². The second-order valence-corrected chi connectivity index (χ2v) is 10.4. The number of nitrogens with zero attached hydrogens (tertiary/aromatic N) is 1. The first-order chi connectivity index (χ1) is 16.3. The lowest BCUT2D eigenvalue weighted by atomic mass is 10.2. The van der Waals surface area contributed by atoms with Crippen LogP contribution >= 0.6 is 34.5 Å². The van der Waals surface area contributed by atoms with Crippen molar-refractivity contribution >= 4 is 66.3 Å². The number of thiophene rings is 1. The summed E-state index contributed by atoms with van der Waals surface area (Å²) in [4.78, 5) is 16.4. The lowest BCUT2D eigenvalue weighted by molar-refractivity contribution is 0.0528. The van der Waals surface area contributed by atoms with E-state index < -0.39 is 16.0 Å². The van der Waals surface area contributed by atoms with Gasteiger partial charge in [0.05, 0.1) is 27.5 Å². The summed E-state index contributed by atoms with van der Waals surface area (Å²) in [5.74, 6) is -0.0204. The predicted molar refractivity (Wildman–Crippen MR) is 134 cm³/mol. The molecule has 0 aliphatic rings. The second-order valence-electron chi connectivity index (χ2n) is 7.02. The molecular weight excluding hydrogens is 519 g/mol. The summed E-state index contributed by atoms with van der Waals surface area (Å²) in [6, 6.07) is 12.4. The van der Waals surface area contributed by atoms with E-state index in [1.807, 2.05) is 5.38 Å². The first-order valence-corrected chi connectivity index (χ1v) is 13.1. The largest absolute Gasteiger partial charge is 0.489 e. The molecular formula is C23H18Cl2N2O5S2. The van der Waals surface area contributed by atoms with Crippen LogP contribution < -0.4 is 9.46 Å². The van der Waals surface area contributed by atoms with E-state index in [1.165, 1.54) is 41.8 Å². The molecule has 1 N–H and O–H groups in total. The Morgan fingerprint density at radius 2 is 1.91 bits per heavy atom. The van der Waals surface area contributed by atoms with Crippen LogP contribution in [-0.4, -0.2) is 26.0 Å². The number of hydrogen-bond acceptors (Lipinski definition) is 7. The van der Waals surface area contributed by atoms with Gasteiger partial charge in [0, 0.05) is 28.2 Å². The number of nitrogens with one attached hydrogen (secondary N) is 1. The SMILES string of the molecule is CCOC(=O)c1cnc(Cl)c2c(COc3cccc(NS(=O)(=O)c4ccc(Cl)cc4)c3)csc12. The Morgan fingerprint density at radius 1 is 1.15 bits per heavy atom. The number of carbonyl (C=O) groups excluding carboxylic acids is 1. The van der Waals surface area contributed by atoms with Crippen molar-refractivity contribution in [2.75, 3.05) is 11.3 Å². The van der Waals surface area contributed by atoms with Crippen molar-refractivity contribution in [2.45, 2.75) is 18.4 Å². The molecule has 0 aliphatic heterocycles. The molecule has 7 nitrogen and oxygen atoms in total. The van der Waals surface area contributed by atoms with Gasteiger partial charge < -0.3 is 9.47 Å². The molecule has 0 bridgehead atoms. The van der Waals surface area contributed by atoms with Gasteiger partial charge in [0.25, 0.3) is 10.0 Å². The minimum absolute atomic E-state index is 0.0903. The average Bonchev–Trinajstić information content (AvgIpc) is 3.23. The number of hydrogen-bond donors (Lipinski definition) is 1. The summed E-state index contributed by atoms with van der Waals surface area (Å²) in [6.07, 6.45) is 1.40. The van der Waals surface area contributed by atoms with E-state index in [4.69, 9.17) is 32.7 Å². The van der Waals surface area contributed by atoms with Gasteiger partial charge in [-0.05, 0) is 48.7 Å². The van der Waals surface area contributed by atoms with Crippen LogP contribution in [0.2, 0.25) is 10.2 Å². The van der Waals surface area contributed by atoms with Gasteiger partial charge in [-0.15, -0.1) is 11.3 Å². The van der Waals surface area contributed by atoms with Crippen molar-refractivity contribution in [1.29, 1.82) is 0 Å². The molecule has 0 saturated carbocycles. The fourth-order valence-electron chi connectivity index (χ4n) is 3.16. The summed E-state index contributed by atoms with van der Waals surface area (Å²) in [7, 11) is -3.79. The van der Waals surface area contributed by atoms with Crippen LogP contribution in [0.25, 0.3) is 10.1 Å². The zero-order chi connectivity index (χ0) is 24.3. The molecule has 2 aromatic carbocycles. The molecule has 0 fully saturated rings. The van der Waals surface area contributed by atoms with Gasteiger partial charge in [-0.2, -0.15) is 0 Å². The normalized spacial score (nSPS) is 11.4. The van der Waals surface area contributed by atoms with Crippen molar-refractivity contribution in [3.63, 3.8) is 0 Å². The van der Waals surface area contributed by atoms with Gasteiger partial charge in [0.15, 0.2) is 0 Å². The van der Waals surface area contributed by atoms with Gasteiger partial charge in [-0.3, -0.25) is 4.72 Å². The minimum atomic E-state index is -3.79. The van der Waals surface area contributed by atoms with Crippen molar-refractivity contribution < 1.29 is 22.7 Å². The van der Waals surface area contributed by atoms with Gasteiger partial charge in [-0.25, -0.2) is 18.2 Å². The number of benzene rings is 2. The average molecular weight is 537 g/mol. The Hall–Kier alpha value is -2.85. The van der Waals surface area contributed by atoms with E-state index in [0.29, 0.717) is 32.1 Å². The topological polar surface area (TPSA) is 94.6 Å². The molecule has 176 valence electrons. The standard InChI is InChI=1S/C23H18Cl2N2O5S2/c1-2-31-23(28)19-11-26-22(25)20-14(13-33-21(19)20)12-32-17-5-3-4-16(10-17)27-34(29,30)18-8-6-15(24)7-9-18/h3-11,13,27H,2,12H2,1H3. The molecule has 34 heavy (non-hydrogen) atoms. The number of rotatable bonds is 8. The van der Waals surface area contributed by atoms with Crippen LogP contribution in [0.1, 0.15) is 22.8 Å². The maximum atomic E-state index is 12.6. The molecule has 0 radical (unpaired) electrons. The minimum Gasteiger partial charge on any atom is -0.489 e. The van der Waals surface area contributed by atoms with Crippen LogP contribution in [-0.2, 0) is 21.4 Å². The van der Waals surface area contributed by atoms with E-state index in [2.05, 4.69) is 9.71 Å². The second kappa shape index (κ2) is 10.2. The molecule has 4 rings (SSSR count). The van der Waals surface area contributed by atoms with E-state index >= 15 is 0 Å². The van der Waals surface area contributed by atoms with Crippen LogP contribution in [0.15, 0.2) is 65.0 Å². The molecule has 0 saturated heterocycles. The number of ether oxygens (including phenoxy) is 2. The number of halogens is 2. The predicted octanol–water partition coefficient (Wildman–Crippen LogP) is 6.16. The summed E-state index contributed by atoms with van der Waals surface area (Å²) in [5.41, 5.74) is 1.43. The molecule has 4 aromatic rings. The summed E-state index contributed by atoms with van der Waals surface area (Å²) >= 11 is 13.5. The zero-order valence-corrected chi connectivity index (χ0v) is 20.9. The highest BCUT2D eigenvalue weighted by Crippen LogP contribution is 2.34. The first kappa shape index (κ1) is 24.3. The Labute approximate surface area is 210 Å². The third-order valence-electron chi connectivity index (χ3n) is 4.72. The third kappa shape index (κ3) is 5.28. The number of aromatic nitrogens is 1. The number of esters is 1. The Kier molecular flexibility index (Phi) is 7.27. The van der Waals surface area contributed by atoms with Crippen LogP contribution in [0.5, 0.6) is 5.75 Å². The van der Waals surface area contributed by atoms with Crippen molar-refractivity contribution in [3.05, 3.63) is 81.4 Å². The number of pyridine rings is 1. The molecule has 0 unspecified atom stereocenters. The number of anilines is 1. The van der Waals surface area contributed by atoms with Gasteiger partial charge in [0.2, 0.25) is 0 Å². The molecule has 2 aromatic heterocycles. The summed E-state index contributed by atoms with van der Waals surface area (Å²) in [5, 5.41) is 3.16. The lowest BCUT2D eigenvalue weighted by Gasteiger charge is -2.11. The van der Waals surface area contributed by atoms with Gasteiger partial charge >= 0.3 is 5.97 Å². The van der Waals surface area contributed by atoms with Crippen molar-refractivity contribution in [2.24, 2.45) is 0 Å². The Balaban J connectivity index is 1.53. The number of sulfonamides is 1. The van der Waals surface area contributed by atoms with Gasteiger partial charge in [-0.1, -0.05) is 29.3 Å². The molecule has 0 amide bonds. The fraction of sp³-hybridized carbons (Fsp3) is 0.130. The lowest BCUT2D eigenvalue weighted by Crippen LogP contribution is -2.12. The smallest absolute Gasteiger partial charge is 0.341 e. The van der Waals surface area contributed by atoms with Crippen molar-refractivity contribution in [1.82, 2.24) is 4.98 Å². The maximum Gasteiger partial charge on any atom is 0.341 e. The maximum absolute atomic E-state index is 12.6. The molecule has 0 aliphatic carbocycles. The molecule has 0 atom stereocenters. The molecule has 11 heteroatoms.